The van der Waals surface area contributed by atoms with Gasteiger partial charge in [-0.3, -0.25) is 0 Å². The van der Waals surface area contributed by atoms with Crippen LogP contribution in [-0.4, -0.2) is 6.36 Å². The average Bonchev–Trinajstić information content (AvgIpc) is 2.80. The smallest absolute Gasteiger partial charge is 0.406 e. The van der Waals surface area contributed by atoms with E-state index in [1.54, 1.807) is 12.1 Å². The maximum absolute atomic E-state index is 12.5. The predicted octanol–water partition coefficient (Wildman–Crippen LogP) is 7.84. The molecule has 0 atom stereocenters. The second-order valence-electron chi connectivity index (χ2n) is 8.46. The number of alkyl halides is 3. The van der Waals surface area contributed by atoms with Crippen molar-refractivity contribution in [1.82, 2.24) is 0 Å². The third kappa shape index (κ3) is 6.28. The van der Waals surface area contributed by atoms with Gasteiger partial charge in [0.25, 0.3) is 0 Å². The summed E-state index contributed by atoms with van der Waals surface area (Å²) < 4.78 is 41.4. The van der Waals surface area contributed by atoms with E-state index < -0.39 is 6.36 Å². The summed E-state index contributed by atoms with van der Waals surface area (Å²) in [6, 6.07) is 25.1. The first-order valence-corrected chi connectivity index (χ1v) is 11.2. The summed E-state index contributed by atoms with van der Waals surface area (Å²) in [6.07, 6.45) is 1.80. The summed E-state index contributed by atoms with van der Waals surface area (Å²) in [5.74, 6) is 0.453. The number of nitrogens with zero attached hydrogens (tertiary/aromatic N) is 1. The zero-order valence-corrected chi connectivity index (χ0v) is 18.0. The van der Waals surface area contributed by atoms with E-state index in [-0.39, 0.29) is 5.75 Å². The summed E-state index contributed by atoms with van der Waals surface area (Å²) in [4.78, 5) is 2.25. The van der Waals surface area contributed by atoms with Crippen molar-refractivity contribution < 1.29 is 17.9 Å². The van der Waals surface area contributed by atoms with Crippen LogP contribution in [-0.2, 0) is 13.1 Å². The van der Waals surface area contributed by atoms with Crippen molar-refractivity contribution in [3.8, 4) is 5.75 Å². The standard InChI is InChI=1S/C27H28F3NO/c28-27(29,30)32-26-17-11-22(12-18-26)20-31(19-21-7-3-1-4-8-21)25-15-13-24(14-16-25)23-9-5-2-6-10-23/h1,3-4,7-8,11-18,23H,2,5-6,9-10,19-20H2. The van der Waals surface area contributed by atoms with Crippen LogP contribution in [0.25, 0.3) is 0 Å². The molecule has 1 fully saturated rings. The number of anilines is 1. The fourth-order valence-corrected chi connectivity index (χ4v) is 4.45. The van der Waals surface area contributed by atoms with Crippen molar-refractivity contribution in [2.75, 3.05) is 4.90 Å². The minimum absolute atomic E-state index is 0.201. The molecule has 0 aliphatic heterocycles. The molecule has 3 aromatic rings. The quantitative estimate of drug-likeness (QED) is 0.372. The number of hydrogen-bond acceptors (Lipinski definition) is 2. The molecule has 0 saturated heterocycles. The minimum Gasteiger partial charge on any atom is -0.406 e. The van der Waals surface area contributed by atoms with Gasteiger partial charge in [-0.15, -0.1) is 13.2 Å². The van der Waals surface area contributed by atoms with Gasteiger partial charge in [-0.25, -0.2) is 0 Å². The van der Waals surface area contributed by atoms with Crippen molar-refractivity contribution in [2.45, 2.75) is 57.5 Å². The van der Waals surface area contributed by atoms with Gasteiger partial charge in [0.15, 0.2) is 0 Å². The molecule has 1 saturated carbocycles. The van der Waals surface area contributed by atoms with Crippen LogP contribution >= 0.6 is 0 Å². The number of ether oxygens (including phenoxy) is 1. The highest BCUT2D eigenvalue weighted by molar-refractivity contribution is 5.49. The molecule has 1 aliphatic carbocycles. The highest BCUT2D eigenvalue weighted by Gasteiger charge is 2.31. The van der Waals surface area contributed by atoms with Crippen LogP contribution in [0.2, 0.25) is 0 Å². The predicted molar refractivity (Wildman–Crippen MR) is 122 cm³/mol. The zero-order valence-electron chi connectivity index (χ0n) is 18.0. The molecule has 2 nitrogen and oxygen atoms in total. The van der Waals surface area contributed by atoms with Crippen LogP contribution in [0.4, 0.5) is 18.9 Å². The molecular formula is C27H28F3NO. The van der Waals surface area contributed by atoms with E-state index in [9.17, 15) is 13.2 Å². The highest BCUT2D eigenvalue weighted by Crippen LogP contribution is 2.34. The van der Waals surface area contributed by atoms with Gasteiger partial charge in [0, 0.05) is 18.8 Å². The number of hydrogen-bond donors (Lipinski definition) is 0. The first-order chi connectivity index (χ1) is 15.5. The van der Waals surface area contributed by atoms with Gasteiger partial charge in [-0.05, 0) is 59.7 Å². The fourth-order valence-electron chi connectivity index (χ4n) is 4.45. The molecule has 0 N–H and O–H groups in total. The molecule has 0 unspecified atom stereocenters. The van der Waals surface area contributed by atoms with Crippen LogP contribution in [0.3, 0.4) is 0 Å². The maximum atomic E-state index is 12.5. The second kappa shape index (κ2) is 10.1. The molecular weight excluding hydrogens is 411 g/mol. The lowest BCUT2D eigenvalue weighted by molar-refractivity contribution is -0.274. The van der Waals surface area contributed by atoms with Gasteiger partial charge in [-0.2, -0.15) is 0 Å². The first-order valence-electron chi connectivity index (χ1n) is 11.2. The topological polar surface area (TPSA) is 12.5 Å². The minimum atomic E-state index is -4.68. The molecule has 0 amide bonds. The molecule has 5 heteroatoms. The molecule has 0 heterocycles. The van der Waals surface area contributed by atoms with Gasteiger partial charge in [0.2, 0.25) is 0 Å². The Morgan fingerprint density at radius 3 is 1.91 bits per heavy atom. The fraction of sp³-hybridized carbons (Fsp3) is 0.333. The van der Waals surface area contributed by atoms with E-state index in [4.69, 9.17) is 0 Å². The van der Waals surface area contributed by atoms with Crippen molar-refractivity contribution in [3.05, 3.63) is 95.6 Å². The van der Waals surface area contributed by atoms with Gasteiger partial charge in [-0.1, -0.05) is 73.9 Å². The molecule has 1 aliphatic rings. The Balaban J connectivity index is 1.52. The Bertz CT molecular complexity index is 963. The lowest BCUT2D eigenvalue weighted by Gasteiger charge is -2.27. The van der Waals surface area contributed by atoms with Gasteiger partial charge in [0.05, 0.1) is 0 Å². The van der Waals surface area contributed by atoms with E-state index in [0.717, 1.165) is 11.3 Å². The first kappa shape index (κ1) is 22.3. The molecule has 0 spiro atoms. The van der Waals surface area contributed by atoms with Crippen molar-refractivity contribution in [1.29, 1.82) is 0 Å². The third-order valence-corrected chi connectivity index (χ3v) is 6.08. The second-order valence-corrected chi connectivity index (χ2v) is 8.46. The molecule has 168 valence electrons. The summed E-state index contributed by atoms with van der Waals surface area (Å²) in [5.41, 5.74) is 4.61. The highest BCUT2D eigenvalue weighted by atomic mass is 19.4. The zero-order chi connectivity index (χ0) is 22.4. The molecule has 32 heavy (non-hydrogen) atoms. The average molecular weight is 440 g/mol. The van der Waals surface area contributed by atoms with E-state index in [1.165, 1.54) is 55.4 Å². The lowest BCUT2D eigenvalue weighted by Crippen LogP contribution is -2.22. The summed E-state index contributed by atoms with van der Waals surface area (Å²) in [5, 5.41) is 0. The van der Waals surface area contributed by atoms with Gasteiger partial charge < -0.3 is 9.64 Å². The monoisotopic (exact) mass is 439 g/mol. The van der Waals surface area contributed by atoms with Crippen LogP contribution in [0.15, 0.2) is 78.9 Å². The van der Waals surface area contributed by atoms with Crippen molar-refractivity contribution in [3.63, 3.8) is 0 Å². The van der Waals surface area contributed by atoms with Crippen molar-refractivity contribution >= 4 is 5.69 Å². The molecule has 0 bridgehead atoms. The Morgan fingerprint density at radius 2 is 1.31 bits per heavy atom. The van der Waals surface area contributed by atoms with Crippen molar-refractivity contribution in [2.24, 2.45) is 0 Å². The normalized spacial score (nSPS) is 14.8. The Labute approximate surface area is 187 Å². The SMILES string of the molecule is FC(F)(F)Oc1ccc(CN(Cc2ccccc2)c2ccc(C3CCCCC3)cc2)cc1. The summed E-state index contributed by atoms with van der Waals surface area (Å²) in [6.45, 7) is 1.30. The molecule has 3 aromatic carbocycles. The summed E-state index contributed by atoms with van der Waals surface area (Å²) >= 11 is 0. The number of benzene rings is 3. The Kier molecular flexibility index (Phi) is 7.03. The van der Waals surface area contributed by atoms with E-state index >= 15 is 0 Å². The van der Waals surface area contributed by atoms with Crippen LogP contribution < -0.4 is 9.64 Å². The van der Waals surface area contributed by atoms with Crippen LogP contribution in [0.1, 0.15) is 54.7 Å². The lowest BCUT2D eigenvalue weighted by atomic mass is 9.84. The molecule has 4 rings (SSSR count). The largest absolute Gasteiger partial charge is 0.573 e. The molecule has 0 radical (unpaired) electrons. The van der Waals surface area contributed by atoms with E-state index in [2.05, 4.69) is 46.0 Å². The van der Waals surface area contributed by atoms with E-state index in [1.807, 2.05) is 18.2 Å². The Hall–Kier alpha value is -2.95. The Morgan fingerprint density at radius 1 is 0.719 bits per heavy atom. The third-order valence-electron chi connectivity index (χ3n) is 6.08. The van der Waals surface area contributed by atoms with Crippen LogP contribution in [0.5, 0.6) is 5.75 Å². The van der Waals surface area contributed by atoms with E-state index in [0.29, 0.717) is 19.0 Å². The maximum Gasteiger partial charge on any atom is 0.573 e. The summed E-state index contributed by atoms with van der Waals surface area (Å²) in [7, 11) is 0. The number of rotatable bonds is 7. The number of halogens is 3. The van der Waals surface area contributed by atoms with Gasteiger partial charge in [0.1, 0.15) is 5.75 Å². The van der Waals surface area contributed by atoms with Gasteiger partial charge >= 0.3 is 6.36 Å². The van der Waals surface area contributed by atoms with Crippen LogP contribution in [0, 0.1) is 0 Å². The molecule has 0 aromatic heterocycles.